The minimum Gasteiger partial charge on any atom is -0.493 e. The summed E-state index contributed by atoms with van der Waals surface area (Å²) in [7, 11) is 1.55. The van der Waals surface area contributed by atoms with E-state index in [0.29, 0.717) is 106 Å². The SMILES string of the molecule is CCC(=O)CCC(=O)CCC(=O)CC(C)c1cc(OC)c(OCCCC(=O)CCCOCCOCC(=O)C[C@@H](CCCCCC(=O)CCCCC2CCC3CC(=O)CC23)C(=O)O)cc1C. The number of hydrogen-bond acceptors (Lipinski definition) is 12. The molecular weight excluding hydrogens is 833 g/mol. The lowest BCUT2D eigenvalue weighted by Gasteiger charge is -2.18. The Balaban J connectivity index is 1.17. The molecule has 2 aliphatic carbocycles. The molecule has 0 saturated heterocycles. The fourth-order valence-corrected chi connectivity index (χ4v) is 9.46. The zero-order valence-electron chi connectivity index (χ0n) is 39.9. The first kappa shape index (κ1) is 55.2. The molecule has 65 heavy (non-hydrogen) atoms. The number of aliphatic carboxylic acids is 1. The summed E-state index contributed by atoms with van der Waals surface area (Å²) < 4.78 is 22.5. The minimum absolute atomic E-state index is 0.00510. The van der Waals surface area contributed by atoms with Gasteiger partial charge in [0.15, 0.2) is 17.3 Å². The fraction of sp³-hybridized carbons (Fsp3) is 0.731. The number of carbonyl (C=O) groups excluding carboxylic acids is 7. The second-order valence-electron chi connectivity index (χ2n) is 18.6. The smallest absolute Gasteiger partial charge is 0.306 e. The largest absolute Gasteiger partial charge is 0.493 e. The summed E-state index contributed by atoms with van der Waals surface area (Å²) in [5.41, 5.74) is 1.89. The van der Waals surface area contributed by atoms with E-state index >= 15 is 0 Å². The standard InChI is InChI=1S/C52H78O13/c1-5-41(53)21-22-44(56)23-24-45(57)29-36(2)48-34-50(62-4)51(30-37(48)3)65-26-12-18-43(55)17-11-25-63-27-28-64-35-47(59)32-40(52(60)61)14-7-6-8-15-42(54)16-10-9-13-38-19-20-39-31-46(58)33-49(38)39/h30,34,36,38-40,49H,5-29,31-33,35H2,1-4H3,(H,60,61)/t36?,38?,39?,40-,49?/m1/s1. The van der Waals surface area contributed by atoms with Crippen LogP contribution in [0.3, 0.4) is 0 Å². The Morgan fingerprint density at radius 2 is 1.29 bits per heavy atom. The van der Waals surface area contributed by atoms with E-state index in [-0.39, 0.29) is 99.0 Å². The summed E-state index contributed by atoms with van der Waals surface area (Å²) in [4.78, 5) is 97.0. The van der Waals surface area contributed by atoms with E-state index in [0.717, 1.165) is 56.1 Å². The van der Waals surface area contributed by atoms with Gasteiger partial charge in [0.2, 0.25) is 0 Å². The Morgan fingerprint density at radius 3 is 1.98 bits per heavy atom. The van der Waals surface area contributed by atoms with E-state index in [1.807, 2.05) is 26.0 Å². The minimum atomic E-state index is -1.00. The number of ether oxygens (including phenoxy) is 4. The summed E-state index contributed by atoms with van der Waals surface area (Å²) in [5, 5.41) is 9.65. The van der Waals surface area contributed by atoms with Gasteiger partial charge in [-0.2, -0.15) is 0 Å². The topological polar surface area (TPSA) is 194 Å². The second kappa shape index (κ2) is 31.0. The first-order valence-electron chi connectivity index (χ1n) is 24.5. The Morgan fingerprint density at radius 1 is 0.662 bits per heavy atom. The van der Waals surface area contributed by atoms with E-state index in [2.05, 4.69) is 0 Å². The van der Waals surface area contributed by atoms with Crippen molar-refractivity contribution in [3.05, 3.63) is 23.3 Å². The summed E-state index contributed by atoms with van der Waals surface area (Å²) in [5.74, 6) is 1.52. The van der Waals surface area contributed by atoms with Gasteiger partial charge in [-0.1, -0.05) is 39.5 Å². The second-order valence-corrected chi connectivity index (χ2v) is 18.6. The monoisotopic (exact) mass is 911 g/mol. The van der Waals surface area contributed by atoms with Crippen LogP contribution in [0.15, 0.2) is 12.1 Å². The highest BCUT2D eigenvalue weighted by molar-refractivity contribution is 5.89. The molecule has 0 radical (unpaired) electrons. The highest BCUT2D eigenvalue weighted by Gasteiger charge is 2.42. The van der Waals surface area contributed by atoms with Crippen LogP contribution in [0.5, 0.6) is 11.5 Å². The Bertz CT molecular complexity index is 1720. The number of carboxylic acids is 1. The molecule has 1 aromatic rings. The quantitative estimate of drug-likeness (QED) is 0.0615. The van der Waals surface area contributed by atoms with Crippen LogP contribution in [-0.4, -0.2) is 91.7 Å². The molecule has 0 amide bonds. The van der Waals surface area contributed by atoms with Gasteiger partial charge in [-0.05, 0) is 98.8 Å². The molecule has 0 spiro atoms. The Labute approximate surface area is 387 Å². The van der Waals surface area contributed by atoms with Crippen molar-refractivity contribution in [2.24, 2.45) is 23.7 Å². The Hall–Kier alpha value is -4.10. The van der Waals surface area contributed by atoms with Crippen molar-refractivity contribution in [1.29, 1.82) is 0 Å². The van der Waals surface area contributed by atoms with Crippen molar-refractivity contribution in [3.8, 4) is 11.5 Å². The van der Waals surface area contributed by atoms with Crippen LogP contribution in [0.1, 0.15) is 185 Å². The van der Waals surface area contributed by atoms with Crippen LogP contribution in [0.25, 0.3) is 0 Å². The first-order valence-corrected chi connectivity index (χ1v) is 24.5. The molecule has 0 aliphatic heterocycles. The van der Waals surface area contributed by atoms with Crippen LogP contribution in [0, 0.1) is 30.6 Å². The molecule has 1 aromatic carbocycles. The maximum absolute atomic E-state index is 12.6. The van der Waals surface area contributed by atoms with Crippen LogP contribution in [-0.2, 0) is 47.8 Å². The highest BCUT2D eigenvalue weighted by Crippen LogP contribution is 2.48. The number of methoxy groups -OCH3 is 1. The van der Waals surface area contributed by atoms with Crippen molar-refractivity contribution in [1.82, 2.24) is 0 Å². The van der Waals surface area contributed by atoms with Crippen molar-refractivity contribution in [2.45, 2.75) is 181 Å². The van der Waals surface area contributed by atoms with E-state index in [4.69, 9.17) is 18.9 Å². The van der Waals surface area contributed by atoms with Gasteiger partial charge in [0.25, 0.3) is 0 Å². The summed E-state index contributed by atoms with van der Waals surface area (Å²) >= 11 is 0. The fourth-order valence-electron chi connectivity index (χ4n) is 9.46. The van der Waals surface area contributed by atoms with Gasteiger partial charge in [-0.15, -0.1) is 0 Å². The molecule has 0 bridgehead atoms. The molecule has 13 nitrogen and oxygen atoms in total. The molecule has 5 atom stereocenters. The molecule has 13 heteroatoms. The summed E-state index contributed by atoms with van der Waals surface area (Å²) in [6.07, 6.45) is 13.7. The average Bonchev–Trinajstić information content (AvgIpc) is 3.83. The van der Waals surface area contributed by atoms with Gasteiger partial charge in [0.1, 0.15) is 41.3 Å². The molecule has 4 unspecified atom stereocenters. The third-order valence-electron chi connectivity index (χ3n) is 13.3. The number of benzene rings is 1. The molecule has 0 heterocycles. The molecular formula is C52H78O13. The molecule has 2 aliphatic rings. The third kappa shape index (κ3) is 21.8. The number of hydrogen-bond donors (Lipinski definition) is 1. The predicted molar refractivity (Wildman–Crippen MR) is 246 cm³/mol. The number of ketones is 7. The lowest BCUT2D eigenvalue weighted by molar-refractivity contribution is -0.144. The molecule has 2 saturated carbocycles. The van der Waals surface area contributed by atoms with Crippen molar-refractivity contribution >= 4 is 46.5 Å². The van der Waals surface area contributed by atoms with Gasteiger partial charge in [-0.3, -0.25) is 38.4 Å². The molecule has 1 N–H and O–H groups in total. The number of fused-ring (bicyclic) bond motifs is 1. The third-order valence-corrected chi connectivity index (χ3v) is 13.3. The number of carboxylic acid groups (broad SMARTS) is 1. The highest BCUT2D eigenvalue weighted by atomic mass is 16.5. The zero-order valence-corrected chi connectivity index (χ0v) is 39.9. The number of Topliss-reactive ketones (excluding diaryl/α,β-unsaturated/α-hetero) is 7. The lowest BCUT2D eigenvalue weighted by atomic mass is 9.88. The van der Waals surface area contributed by atoms with E-state index in [9.17, 15) is 43.5 Å². The van der Waals surface area contributed by atoms with Gasteiger partial charge < -0.3 is 24.1 Å². The number of aryl methyl sites for hydroxylation is 1. The summed E-state index contributed by atoms with van der Waals surface area (Å²) in [6, 6.07) is 3.75. The molecule has 3 rings (SSSR count). The van der Waals surface area contributed by atoms with E-state index in [1.165, 1.54) is 12.8 Å². The molecule has 0 aromatic heterocycles. The maximum Gasteiger partial charge on any atom is 0.306 e. The van der Waals surface area contributed by atoms with Gasteiger partial charge in [0.05, 0.1) is 32.8 Å². The number of unbranched alkanes of at least 4 members (excludes halogenated alkanes) is 3. The average molecular weight is 911 g/mol. The Kier molecular flexibility index (Phi) is 26.3. The first-order chi connectivity index (χ1) is 31.2. The van der Waals surface area contributed by atoms with Crippen molar-refractivity contribution in [3.63, 3.8) is 0 Å². The normalized spacial score (nSPS) is 17.7. The predicted octanol–water partition coefficient (Wildman–Crippen LogP) is 9.46. The van der Waals surface area contributed by atoms with Crippen LogP contribution in [0.4, 0.5) is 0 Å². The van der Waals surface area contributed by atoms with E-state index in [1.54, 1.807) is 14.0 Å². The lowest BCUT2D eigenvalue weighted by Crippen LogP contribution is -2.21. The molecule has 364 valence electrons. The van der Waals surface area contributed by atoms with E-state index < -0.39 is 11.9 Å². The van der Waals surface area contributed by atoms with Gasteiger partial charge in [-0.25, -0.2) is 0 Å². The molecule has 2 fully saturated rings. The zero-order chi connectivity index (χ0) is 47.6. The van der Waals surface area contributed by atoms with Crippen molar-refractivity contribution in [2.75, 3.05) is 40.1 Å². The van der Waals surface area contributed by atoms with Gasteiger partial charge in [0, 0.05) is 90.1 Å². The van der Waals surface area contributed by atoms with Crippen molar-refractivity contribution < 1.29 is 62.4 Å². The maximum atomic E-state index is 12.6. The number of rotatable bonds is 39. The van der Waals surface area contributed by atoms with Crippen LogP contribution in [0.2, 0.25) is 0 Å². The number of carbonyl (C=O) groups is 8. The van der Waals surface area contributed by atoms with Crippen LogP contribution >= 0.6 is 0 Å². The van der Waals surface area contributed by atoms with Gasteiger partial charge >= 0.3 is 5.97 Å². The summed E-state index contributed by atoms with van der Waals surface area (Å²) in [6.45, 7) is 6.60. The van der Waals surface area contributed by atoms with Crippen LogP contribution < -0.4 is 9.47 Å².